The molecule has 0 unspecified atom stereocenters. The van der Waals surface area contributed by atoms with Crippen LogP contribution in [0.1, 0.15) is 12.8 Å². The van der Waals surface area contributed by atoms with Crippen molar-refractivity contribution in [2.45, 2.75) is 12.8 Å². The van der Waals surface area contributed by atoms with E-state index in [0.29, 0.717) is 5.96 Å². The van der Waals surface area contributed by atoms with Crippen LogP contribution in [0.3, 0.4) is 0 Å². The van der Waals surface area contributed by atoms with E-state index in [1.807, 2.05) is 42.1 Å². The maximum absolute atomic E-state index is 5.75. The molecule has 0 amide bonds. The van der Waals surface area contributed by atoms with E-state index >= 15 is 0 Å². The molecule has 0 spiro atoms. The number of nitrogens with zero attached hydrogens (tertiary/aromatic N) is 1. The third-order valence-corrected chi connectivity index (χ3v) is 2.78. The first-order valence-corrected chi connectivity index (χ1v) is 6.83. The lowest BCUT2D eigenvalue weighted by molar-refractivity contribution is 0.815. The van der Waals surface area contributed by atoms with Gasteiger partial charge in [0.05, 0.1) is 0 Å². The van der Waals surface area contributed by atoms with Crippen LogP contribution in [0.15, 0.2) is 35.3 Å². The van der Waals surface area contributed by atoms with Gasteiger partial charge >= 0.3 is 0 Å². The van der Waals surface area contributed by atoms with Gasteiger partial charge in [-0.1, -0.05) is 18.2 Å². The Labute approximate surface area is 125 Å². The number of hydrogen-bond donors (Lipinski definition) is 2. The van der Waals surface area contributed by atoms with Crippen LogP contribution in [0.2, 0.25) is 0 Å². The zero-order valence-electron chi connectivity index (χ0n) is 10.1. The van der Waals surface area contributed by atoms with Crippen molar-refractivity contribution in [3.05, 3.63) is 30.3 Å². The van der Waals surface area contributed by atoms with Crippen LogP contribution in [-0.4, -0.2) is 24.5 Å². The van der Waals surface area contributed by atoms with Crippen LogP contribution in [0.25, 0.3) is 0 Å². The minimum atomic E-state index is 0. The summed E-state index contributed by atoms with van der Waals surface area (Å²) in [4.78, 5) is 4.27. The van der Waals surface area contributed by atoms with E-state index in [2.05, 4.69) is 16.6 Å². The summed E-state index contributed by atoms with van der Waals surface area (Å²) in [5.41, 5.74) is 6.73. The van der Waals surface area contributed by atoms with E-state index in [1.54, 1.807) is 0 Å². The number of nitrogens with two attached hydrogens (primary N) is 1. The van der Waals surface area contributed by atoms with Crippen molar-refractivity contribution in [1.29, 1.82) is 0 Å². The number of unbranched alkanes of at least 4 members (excludes halogenated alkanes) is 1. The Bertz CT molecular complexity index is 317. The fraction of sp³-hybridized carbons (Fsp3) is 0.417. The van der Waals surface area contributed by atoms with Crippen molar-refractivity contribution in [2.75, 3.05) is 23.9 Å². The lowest BCUT2D eigenvalue weighted by Crippen LogP contribution is -2.22. The van der Waals surface area contributed by atoms with Crippen molar-refractivity contribution in [3.8, 4) is 0 Å². The fourth-order valence-electron chi connectivity index (χ4n) is 1.27. The number of aliphatic imine (C=N–C) groups is 1. The molecule has 1 aromatic rings. The molecule has 1 rings (SSSR count). The lowest BCUT2D eigenvalue weighted by Gasteiger charge is -2.04. The SMILES string of the molecule is CSCCCCN=C(N)Nc1ccccc1.I. The second-order valence-corrected chi connectivity index (χ2v) is 4.44. The molecule has 96 valence electrons. The van der Waals surface area contributed by atoms with Gasteiger partial charge in [-0.15, -0.1) is 24.0 Å². The zero-order chi connectivity index (χ0) is 11.6. The number of thioether (sulfide) groups is 1. The number of nitrogens with one attached hydrogen (secondary N) is 1. The Balaban J connectivity index is 0.00000256. The summed E-state index contributed by atoms with van der Waals surface area (Å²) in [7, 11) is 0. The normalized spacial score (nSPS) is 10.8. The van der Waals surface area contributed by atoms with E-state index in [4.69, 9.17) is 5.73 Å². The number of benzene rings is 1. The molecule has 0 aliphatic heterocycles. The number of anilines is 1. The number of guanidine groups is 1. The van der Waals surface area contributed by atoms with E-state index in [-0.39, 0.29) is 24.0 Å². The third-order valence-electron chi connectivity index (χ3n) is 2.08. The molecular weight excluding hydrogens is 345 g/mol. The molecule has 5 heteroatoms. The molecule has 0 heterocycles. The number of halogens is 1. The minimum Gasteiger partial charge on any atom is -0.370 e. The van der Waals surface area contributed by atoms with Gasteiger partial charge in [0.1, 0.15) is 0 Å². The highest BCUT2D eigenvalue weighted by molar-refractivity contribution is 14.0. The first kappa shape index (κ1) is 16.6. The highest BCUT2D eigenvalue weighted by atomic mass is 127. The van der Waals surface area contributed by atoms with Gasteiger partial charge in [0.25, 0.3) is 0 Å². The maximum Gasteiger partial charge on any atom is 0.193 e. The van der Waals surface area contributed by atoms with Gasteiger partial charge in [-0.2, -0.15) is 11.8 Å². The average molecular weight is 365 g/mol. The van der Waals surface area contributed by atoms with Gasteiger partial charge in [-0.25, -0.2) is 0 Å². The molecule has 1 aromatic carbocycles. The molecule has 0 aromatic heterocycles. The molecule has 0 aliphatic rings. The van der Waals surface area contributed by atoms with Crippen LogP contribution in [-0.2, 0) is 0 Å². The van der Waals surface area contributed by atoms with E-state index in [9.17, 15) is 0 Å². The Hall–Kier alpha value is -0.430. The Morgan fingerprint density at radius 1 is 1.29 bits per heavy atom. The quantitative estimate of drug-likeness (QED) is 0.352. The van der Waals surface area contributed by atoms with Crippen molar-refractivity contribution in [2.24, 2.45) is 10.7 Å². The predicted octanol–water partition coefficient (Wildman–Crippen LogP) is 3.17. The fourth-order valence-corrected chi connectivity index (χ4v) is 1.76. The molecule has 0 radical (unpaired) electrons. The Morgan fingerprint density at radius 3 is 2.65 bits per heavy atom. The van der Waals surface area contributed by atoms with Crippen LogP contribution in [0.5, 0.6) is 0 Å². The standard InChI is InChI=1S/C12H19N3S.HI/c1-16-10-6-5-9-14-12(13)15-11-7-3-2-4-8-11;/h2-4,7-8H,5-6,9-10H2,1H3,(H3,13,14,15);1H. The molecule has 0 aliphatic carbocycles. The highest BCUT2D eigenvalue weighted by Crippen LogP contribution is 2.04. The maximum atomic E-state index is 5.75. The monoisotopic (exact) mass is 365 g/mol. The zero-order valence-corrected chi connectivity index (χ0v) is 13.2. The van der Waals surface area contributed by atoms with E-state index < -0.39 is 0 Å². The molecular formula is C12H20IN3S. The highest BCUT2D eigenvalue weighted by Gasteiger charge is 1.93. The van der Waals surface area contributed by atoms with Gasteiger partial charge in [0.15, 0.2) is 5.96 Å². The minimum absolute atomic E-state index is 0. The van der Waals surface area contributed by atoms with Gasteiger partial charge in [0.2, 0.25) is 0 Å². The molecule has 17 heavy (non-hydrogen) atoms. The van der Waals surface area contributed by atoms with Crippen molar-refractivity contribution in [1.82, 2.24) is 0 Å². The third kappa shape index (κ3) is 8.31. The second kappa shape index (κ2) is 10.7. The van der Waals surface area contributed by atoms with Gasteiger partial charge in [0, 0.05) is 12.2 Å². The van der Waals surface area contributed by atoms with Crippen LogP contribution in [0.4, 0.5) is 5.69 Å². The smallest absolute Gasteiger partial charge is 0.193 e. The van der Waals surface area contributed by atoms with Crippen LogP contribution < -0.4 is 11.1 Å². The summed E-state index contributed by atoms with van der Waals surface area (Å²) >= 11 is 1.87. The summed E-state index contributed by atoms with van der Waals surface area (Å²) in [6.45, 7) is 0.798. The average Bonchev–Trinajstić information content (AvgIpc) is 2.30. The van der Waals surface area contributed by atoms with Gasteiger partial charge < -0.3 is 11.1 Å². The van der Waals surface area contributed by atoms with Crippen LogP contribution >= 0.6 is 35.7 Å². The molecule has 0 saturated carbocycles. The number of para-hydroxylation sites is 1. The van der Waals surface area contributed by atoms with Crippen molar-refractivity contribution < 1.29 is 0 Å². The molecule has 3 N–H and O–H groups in total. The molecule has 0 atom stereocenters. The number of rotatable bonds is 6. The van der Waals surface area contributed by atoms with Gasteiger partial charge in [-0.3, -0.25) is 4.99 Å². The summed E-state index contributed by atoms with van der Waals surface area (Å²) in [5, 5.41) is 3.06. The molecule has 0 saturated heterocycles. The van der Waals surface area contributed by atoms with E-state index in [1.165, 1.54) is 12.2 Å². The summed E-state index contributed by atoms with van der Waals surface area (Å²) in [6.07, 6.45) is 4.41. The van der Waals surface area contributed by atoms with E-state index in [0.717, 1.165) is 18.7 Å². The summed E-state index contributed by atoms with van der Waals surface area (Å²) in [6, 6.07) is 9.84. The lowest BCUT2D eigenvalue weighted by atomic mass is 10.3. The summed E-state index contributed by atoms with van der Waals surface area (Å²) in [5.74, 6) is 1.69. The Morgan fingerprint density at radius 2 is 2.00 bits per heavy atom. The molecule has 3 nitrogen and oxygen atoms in total. The molecule has 0 fully saturated rings. The van der Waals surface area contributed by atoms with Crippen molar-refractivity contribution >= 4 is 47.4 Å². The first-order valence-electron chi connectivity index (χ1n) is 5.44. The second-order valence-electron chi connectivity index (χ2n) is 3.46. The molecule has 0 bridgehead atoms. The predicted molar refractivity (Wildman–Crippen MR) is 89.6 cm³/mol. The van der Waals surface area contributed by atoms with Crippen LogP contribution in [0, 0.1) is 0 Å². The Kier molecular flexibility index (Phi) is 10.4. The first-order chi connectivity index (χ1) is 7.83. The van der Waals surface area contributed by atoms with Crippen molar-refractivity contribution in [3.63, 3.8) is 0 Å². The number of hydrogen-bond acceptors (Lipinski definition) is 2. The van der Waals surface area contributed by atoms with Gasteiger partial charge in [-0.05, 0) is 37.0 Å². The topological polar surface area (TPSA) is 50.4 Å². The largest absolute Gasteiger partial charge is 0.370 e. The summed E-state index contributed by atoms with van der Waals surface area (Å²) < 4.78 is 0.